The fourth-order valence-corrected chi connectivity index (χ4v) is 4.26. The fourth-order valence-electron chi connectivity index (χ4n) is 3.95. The molecule has 0 radical (unpaired) electrons. The van der Waals surface area contributed by atoms with E-state index in [-0.39, 0.29) is 17.9 Å². The highest BCUT2D eigenvalue weighted by atomic mass is 35.5. The molecule has 1 heterocycles. The molecule has 0 aromatic heterocycles. The second-order valence-corrected chi connectivity index (χ2v) is 8.00. The van der Waals surface area contributed by atoms with E-state index in [9.17, 15) is 4.79 Å². The van der Waals surface area contributed by atoms with Crippen LogP contribution in [0.3, 0.4) is 0 Å². The first kappa shape index (κ1) is 21.5. The van der Waals surface area contributed by atoms with E-state index in [0.29, 0.717) is 23.1 Å². The largest absolute Gasteiger partial charge is 0.359 e. The monoisotopic (exact) mass is 431 g/mol. The Bertz CT molecular complexity index is 901. The number of amides is 1. The maximum atomic E-state index is 13.0. The lowest BCUT2D eigenvalue weighted by Crippen LogP contribution is -2.36. The fraction of sp³-hybridized carbons (Fsp3) is 0.381. The minimum Gasteiger partial charge on any atom is -0.359 e. The van der Waals surface area contributed by atoms with E-state index in [4.69, 9.17) is 28.7 Å². The quantitative estimate of drug-likeness (QED) is 0.380. The zero-order valence-corrected chi connectivity index (χ0v) is 17.6. The summed E-state index contributed by atoms with van der Waals surface area (Å²) in [6, 6.07) is 15.3. The van der Waals surface area contributed by atoms with Gasteiger partial charge in [-0.25, -0.2) is 0 Å². The van der Waals surface area contributed by atoms with Crippen molar-refractivity contribution in [3.63, 3.8) is 0 Å². The number of rotatable bonds is 7. The van der Waals surface area contributed by atoms with Gasteiger partial charge in [0.25, 0.3) is 0 Å². The first-order chi connectivity index (χ1) is 14.0. The summed E-state index contributed by atoms with van der Waals surface area (Å²) in [6.45, 7) is 2.18. The van der Waals surface area contributed by atoms with Crippen LogP contribution in [0.5, 0.6) is 0 Å². The summed E-state index contributed by atoms with van der Waals surface area (Å²) in [6.07, 6.45) is 0.822. The van der Waals surface area contributed by atoms with Crippen LogP contribution in [0.4, 0.5) is 0 Å². The molecule has 0 bridgehead atoms. The molecule has 8 heteroatoms. The molecular formula is C21H23Cl2N5O. The number of carbonyl (C=O) groups excluding carboxylic acids is 1. The Labute approximate surface area is 180 Å². The number of nitrogens with zero attached hydrogens (tertiary/aromatic N) is 4. The van der Waals surface area contributed by atoms with Gasteiger partial charge >= 0.3 is 0 Å². The van der Waals surface area contributed by atoms with Crippen LogP contribution in [0.2, 0.25) is 10.0 Å². The van der Waals surface area contributed by atoms with Gasteiger partial charge in [-0.2, -0.15) is 0 Å². The minimum absolute atomic E-state index is 0.0279. The van der Waals surface area contributed by atoms with Crippen LogP contribution >= 0.6 is 23.2 Å². The number of halogens is 2. The predicted octanol–water partition coefficient (Wildman–Crippen LogP) is 4.99. The van der Waals surface area contributed by atoms with Crippen molar-refractivity contribution in [3.8, 4) is 0 Å². The van der Waals surface area contributed by atoms with Crippen molar-refractivity contribution in [1.82, 2.24) is 10.2 Å². The van der Waals surface area contributed by atoms with Crippen LogP contribution in [-0.4, -0.2) is 43.5 Å². The van der Waals surface area contributed by atoms with E-state index >= 15 is 0 Å². The third-order valence-corrected chi connectivity index (χ3v) is 6.12. The van der Waals surface area contributed by atoms with Crippen LogP contribution < -0.4 is 5.32 Å². The van der Waals surface area contributed by atoms with Crippen LogP contribution in [0.25, 0.3) is 10.4 Å². The number of hydrogen-bond donors (Lipinski definition) is 1. The maximum Gasteiger partial charge on any atom is 0.227 e. The third-order valence-electron chi connectivity index (χ3n) is 5.38. The van der Waals surface area contributed by atoms with Gasteiger partial charge < -0.3 is 10.2 Å². The van der Waals surface area contributed by atoms with Crippen LogP contribution in [-0.2, 0) is 4.79 Å². The highest BCUT2D eigenvalue weighted by molar-refractivity contribution is 6.42. The van der Waals surface area contributed by atoms with Gasteiger partial charge in [-0.05, 0) is 41.8 Å². The smallest absolute Gasteiger partial charge is 0.227 e. The van der Waals surface area contributed by atoms with Crippen molar-refractivity contribution in [3.05, 3.63) is 80.1 Å². The first-order valence-electron chi connectivity index (χ1n) is 9.51. The lowest BCUT2D eigenvalue weighted by molar-refractivity contribution is -0.122. The van der Waals surface area contributed by atoms with Crippen molar-refractivity contribution in [2.45, 2.75) is 24.3 Å². The molecule has 2 aromatic carbocycles. The van der Waals surface area contributed by atoms with Gasteiger partial charge in [-0.3, -0.25) is 4.79 Å². The zero-order valence-electron chi connectivity index (χ0n) is 16.1. The van der Waals surface area contributed by atoms with Gasteiger partial charge in [0.15, 0.2) is 0 Å². The average molecular weight is 432 g/mol. The summed E-state index contributed by atoms with van der Waals surface area (Å²) in [4.78, 5) is 18.2. The first-order valence-corrected chi connectivity index (χ1v) is 10.3. The van der Waals surface area contributed by atoms with Gasteiger partial charge in [-0.1, -0.05) is 64.7 Å². The molecule has 152 valence electrons. The van der Waals surface area contributed by atoms with Crippen LogP contribution in [0, 0.1) is 0 Å². The average Bonchev–Trinajstić information content (AvgIpc) is 3.18. The molecule has 1 fully saturated rings. The Morgan fingerprint density at radius 3 is 2.66 bits per heavy atom. The van der Waals surface area contributed by atoms with E-state index in [1.165, 1.54) is 0 Å². The predicted molar refractivity (Wildman–Crippen MR) is 116 cm³/mol. The van der Waals surface area contributed by atoms with E-state index in [1.54, 1.807) is 19.2 Å². The summed E-state index contributed by atoms with van der Waals surface area (Å²) >= 11 is 12.4. The summed E-state index contributed by atoms with van der Waals surface area (Å²) in [5.41, 5.74) is 10.6. The molecule has 1 aliphatic rings. The molecule has 0 saturated carbocycles. The number of hydrogen-bond acceptors (Lipinski definition) is 3. The molecule has 2 aromatic rings. The van der Waals surface area contributed by atoms with Gasteiger partial charge in [0.1, 0.15) is 0 Å². The van der Waals surface area contributed by atoms with E-state index in [2.05, 4.69) is 20.2 Å². The lowest BCUT2D eigenvalue weighted by atomic mass is 9.80. The second-order valence-electron chi connectivity index (χ2n) is 7.19. The highest BCUT2D eigenvalue weighted by Gasteiger charge is 2.34. The number of likely N-dealkylation sites (N-methyl/N-ethyl adjacent to an activating group) is 1. The van der Waals surface area contributed by atoms with Crippen molar-refractivity contribution < 1.29 is 4.79 Å². The van der Waals surface area contributed by atoms with Crippen LogP contribution in [0.1, 0.15) is 29.4 Å². The minimum atomic E-state index is -0.435. The molecular weight excluding hydrogens is 409 g/mol. The summed E-state index contributed by atoms with van der Waals surface area (Å²) < 4.78 is 0. The summed E-state index contributed by atoms with van der Waals surface area (Å²) in [5.74, 6) is -0.614. The molecule has 1 amide bonds. The Balaban J connectivity index is 1.98. The highest BCUT2D eigenvalue weighted by Crippen LogP contribution is 2.37. The van der Waals surface area contributed by atoms with Crippen molar-refractivity contribution in [1.29, 1.82) is 0 Å². The van der Waals surface area contributed by atoms with E-state index in [1.807, 2.05) is 36.4 Å². The van der Waals surface area contributed by atoms with Gasteiger partial charge in [0.2, 0.25) is 5.91 Å². The molecule has 1 N–H and O–H groups in total. The standard InChI is InChI=1S/C21H23Cl2N5O/c1-25-21(29)20(15-7-8-18(22)19(23)11-15)17(14-5-3-2-4-6-14)13-28-10-9-16(12-28)26-27-24/h2-8,11,16-17,20H,9-10,12-13H2,1H3,(H,25,29)/t16-,17+,20?/m0/s1. The maximum absolute atomic E-state index is 13.0. The molecule has 0 aliphatic carbocycles. The Morgan fingerprint density at radius 2 is 2.00 bits per heavy atom. The molecule has 0 spiro atoms. The number of nitrogens with one attached hydrogen (secondary N) is 1. The number of azide groups is 1. The van der Waals surface area contributed by atoms with Crippen molar-refractivity contribution in [2.75, 3.05) is 26.7 Å². The van der Waals surface area contributed by atoms with E-state index in [0.717, 1.165) is 24.1 Å². The van der Waals surface area contributed by atoms with Crippen molar-refractivity contribution in [2.24, 2.45) is 5.11 Å². The molecule has 1 aliphatic heterocycles. The molecule has 1 saturated heterocycles. The van der Waals surface area contributed by atoms with Crippen LogP contribution in [0.15, 0.2) is 53.6 Å². The second kappa shape index (κ2) is 9.99. The zero-order chi connectivity index (χ0) is 20.8. The molecule has 29 heavy (non-hydrogen) atoms. The number of benzene rings is 2. The van der Waals surface area contributed by atoms with Gasteiger partial charge in [0, 0.05) is 31.0 Å². The normalized spacial score (nSPS) is 18.7. The lowest BCUT2D eigenvalue weighted by Gasteiger charge is -2.31. The number of likely N-dealkylation sites (tertiary alicyclic amines) is 1. The SMILES string of the molecule is CNC(=O)C(c1ccc(Cl)c(Cl)c1)[C@H](CN1CC[C@H](N=[N+]=[N-])C1)c1ccccc1. The Hall–Kier alpha value is -2.24. The topological polar surface area (TPSA) is 81.1 Å². The number of carbonyl (C=O) groups is 1. The third kappa shape index (κ3) is 5.22. The summed E-state index contributed by atoms with van der Waals surface area (Å²) in [7, 11) is 1.64. The van der Waals surface area contributed by atoms with E-state index < -0.39 is 5.92 Å². The van der Waals surface area contributed by atoms with Crippen molar-refractivity contribution >= 4 is 29.1 Å². The van der Waals surface area contributed by atoms with Gasteiger partial charge in [-0.15, -0.1) is 0 Å². The Kier molecular flexibility index (Phi) is 7.40. The van der Waals surface area contributed by atoms with Gasteiger partial charge in [0.05, 0.1) is 22.0 Å². The molecule has 3 atom stereocenters. The Morgan fingerprint density at radius 1 is 1.24 bits per heavy atom. The summed E-state index contributed by atoms with van der Waals surface area (Å²) in [5, 5.41) is 7.54. The molecule has 6 nitrogen and oxygen atoms in total. The molecule has 1 unspecified atom stereocenters. The molecule has 3 rings (SSSR count).